The molecule has 1 aromatic heterocycles. The van der Waals surface area contributed by atoms with Crippen LogP contribution in [0.4, 0.5) is 0 Å². The smallest absolute Gasteiger partial charge is 0.232 e. The van der Waals surface area contributed by atoms with Gasteiger partial charge in [0.2, 0.25) is 5.78 Å². The number of benzene rings is 2. The van der Waals surface area contributed by atoms with Gasteiger partial charge in [-0.3, -0.25) is 14.7 Å². The van der Waals surface area contributed by atoms with Gasteiger partial charge in [-0.15, -0.1) is 0 Å². The monoisotopic (exact) mass is 452 g/mol. The number of nitrogens with zero attached hydrogens (tertiary/aromatic N) is 2. The van der Waals surface area contributed by atoms with Gasteiger partial charge in [0.1, 0.15) is 18.2 Å². The van der Waals surface area contributed by atoms with Crippen molar-refractivity contribution >= 4 is 35.1 Å². The van der Waals surface area contributed by atoms with Crippen LogP contribution in [-0.4, -0.2) is 22.4 Å². The quantitative estimate of drug-likeness (QED) is 0.479. The van der Waals surface area contributed by atoms with Gasteiger partial charge in [-0.05, 0) is 54.5 Å². The topological polar surface area (TPSA) is 51.7 Å². The molecule has 156 valence electrons. The molecule has 0 amide bonds. The van der Waals surface area contributed by atoms with E-state index < -0.39 is 0 Å². The fraction of sp³-hybridized carbons (Fsp3) is 0.167. The summed E-state index contributed by atoms with van der Waals surface area (Å²) in [4.78, 5) is 19.6. The number of ketones is 1. The fourth-order valence-electron chi connectivity index (χ4n) is 3.85. The number of Topliss-reactive ketones (excluding diaryl/α,β-unsaturated/α-hetero) is 1. The Morgan fingerprint density at radius 1 is 1.16 bits per heavy atom. The molecule has 0 unspecified atom stereocenters. The molecule has 0 atom stereocenters. The van der Waals surface area contributed by atoms with Crippen LogP contribution < -0.4 is 9.47 Å². The number of pyridine rings is 1. The number of ether oxygens (including phenoxy) is 2. The first kappa shape index (κ1) is 20.1. The van der Waals surface area contributed by atoms with E-state index in [0.717, 1.165) is 28.1 Å². The van der Waals surface area contributed by atoms with E-state index in [1.54, 1.807) is 30.5 Å². The van der Waals surface area contributed by atoms with Crippen molar-refractivity contribution in [3.05, 3.63) is 92.4 Å². The fourth-order valence-corrected chi connectivity index (χ4v) is 4.16. The first-order valence-corrected chi connectivity index (χ1v) is 10.6. The van der Waals surface area contributed by atoms with E-state index in [4.69, 9.17) is 32.7 Å². The van der Waals surface area contributed by atoms with Crippen molar-refractivity contribution in [3.8, 4) is 11.5 Å². The predicted octanol–water partition coefficient (Wildman–Crippen LogP) is 5.67. The highest BCUT2D eigenvalue weighted by Gasteiger charge is 2.35. The van der Waals surface area contributed by atoms with E-state index in [9.17, 15) is 4.79 Å². The molecule has 0 aliphatic carbocycles. The third kappa shape index (κ3) is 3.81. The molecule has 2 aromatic carbocycles. The summed E-state index contributed by atoms with van der Waals surface area (Å²) in [5.74, 6) is 1.42. The lowest BCUT2D eigenvalue weighted by atomic mass is 9.98. The van der Waals surface area contributed by atoms with Crippen LogP contribution in [0.15, 0.2) is 54.4 Å². The maximum Gasteiger partial charge on any atom is 0.232 e. The Morgan fingerprint density at radius 3 is 2.81 bits per heavy atom. The van der Waals surface area contributed by atoms with Crippen LogP contribution in [0.25, 0.3) is 6.08 Å². The first-order valence-electron chi connectivity index (χ1n) is 9.80. The van der Waals surface area contributed by atoms with Crippen LogP contribution in [0.5, 0.6) is 11.5 Å². The molecule has 0 fully saturated rings. The number of aromatic nitrogens is 1. The van der Waals surface area contributed by atoms with E-state index in [1.807, 2.05) is 31.2 Å². The molecular formula is C24H18Cl2N2O3. The van der Waals surface area contributed by atoms with Gasteiger partial charge in [0.25, 0.3) is 0 Å². The van der Waals surface area contributed by atoms with Crippen molar-refractivity contribution in [2.75, 3.05) is 6.73 Å². The Labute approximate surface area is 189 Å². The third-order valence-corrected chi connectivity index (χ3v) is 6.08. The zero-order valence-corrected chi connectivity index (χ0v) is 18.2. The first-order chi connectivity index (χ1) is 15.0. The Bertz CT molecular complexity index is 1230. The van der Waals surface area contributed by atoms with Crippen LogP contribution in [-0.2, 0) is 13.1 Å². The number of hydrogen-bond donors (Lipinski definition) is 0. The number of hydrogen-bond acceptors (Lipinski definition) is 5. The lowest BCUT2D eigenvalue weighted by Crippen LogP contribution is -2.32. The SMILES string of the molecule is Cc1cc2c(c3c1C(=O)/C(=C/c1ccc(Cl)c(Cl)c1)O3)CN(Cc1ccccn1)CO2. The zero-order chi connectivity index (χ0) is 21.5. The van der Waals surface area contributed by atoms with Crippen LogP contribution in [0, 0.1) is 6.92 Å². The molecule has 2 aliphatic heterocycles. The molecule has 5 nitrogen and oxygen atoms in total. The number of rotatable bonds is 3. The highest BCUT2D eigenvalue weighted by atomic mass is 35.5. The minimum atomic E-state index is -0.150. The van der Waals surface area contributed by atoms with Crippen LogP contribution >= 0.6 is 23.2 Å². The molecule has 0 saturated carbocycles. The summed E-state index contributed by atoms with van der Waals surface area (Å²) in [6, 6.07) is 12.9. The average Bonchev–Trinajstić information content (AvgIpc) is 3.09. The van der Waals surface area contributed by atoms with Crippen molar-refractivity contribution < 1.29 is 14.3 Å². The van der Waals surface area contributed by atoms with Crippen molar-refractivity contribution in [2.24, 2.45) is 0 Å². The Hall–Kier alpha value is -2.86. The number of aryl methyl sites for hydroxylation is 1. The van der Waals surface area contributed by atoms with Gasteiger partial charge in [0.15, 0.2) is 5.76 Å². The maximum atomic E-state index is 13.1. The molecule has 3 aromatic rings. The molecule has 31 heavy (non-hydrogen) atoms. The molecule has 0 spiro atoms. The molecule has 5 rings (SSSR count). The van der Waals surface area contributed by atoms with Crippen LogP contribution in [0.1, 0.15) is 32.7 Å². The van der Waals surface area contributed by atoms with Crippen LogP contribution in [0.2, 0.25) is 10.0 Å². The second kappa shape index (κ2) is 8.00. The highest BCUT2D eigenvalue weighted by molar-refractivity contribution is 6.42. The van der Waals surface area contributed by atoms with E-state index in [1.165, 1.54) is 0 Å². The van der Waals surface area contributed by atoms with Crippen molar-refractivity contribution in [1.29, 1.82) is 0 Å². The molecule has 7 heteroatoms. The van der Waals surface area contributed by atoms with Crippen LogP contribution in [0.3, 0.4) is 0 Å². The minimum absolute atomic E-state index is 0.150. The second-order valence-electron chi connectivity index (χ2n) is 7.57. The largest absolute Gasteiger partial charge is 0.478 e. The lowest BCUT2D eigenvalue weighted by Gasteiger charge is -2.29. The molecule has 2 aliphatic rings. The van der Waals surface area contributed by atoms with Gasteiger partial charge in [-0.25, -0.2) is 0 Å². The normalized spacial score (nSPS) is 16.6. The van der Waals surface area contributed by atoms with Gasteiger partial charge in [-0.1, -0.05) is 35.3 Å². The predicted molar refractivity (Wildman–Crippen MR) is 120 cm³/mol. The molecule has 0 radical (unpaired) electrons. The number of allylic oxidation sites excluding steroid dienone is 1. The van der Waals surface area contributed by atoms with Gasteiger partial charge in [0, 0.05) is 19.3 Å². The summed E-state index contributed by atoms with van der Waals surface area (Å²) >= 11 is 12.1. The Balaban J connectivity index is 1.47. The van der Waals surface area contributed by atoms with Crippen molar-refractivity contribution in [1.82, 2.24) is 9.88 Å². The van der Waals surface area contributed by atoms with Crippen molar-refractivity contribution in [3.63, 3.8) is 0 Å². The third-order valence-electron chi connectivity index (χ3n) is 5.34. The maximum absolute atomic E-state index is 13.1. The zero-order valence-electron chi connectivity index (χ0n) is 16.7. The molecule has 0 N–H and O–H groups in total. The van der Waals surface area contributed by atoms with Gasteiger partial charge in [-0.2, -0.15) is 0 Å². The van der Waals surface area contributed by atoms with Crippen molar-refractivity contribution in [2.45, 2.75) is 20.0 Å². The second-order valence-corrected chi connectivity index (χ2v) is 8.38. The number of carbonyl (C=O) groups excluding carboxylic acids is 1. The molecular weight excluding hydrogens is 435 g/mol. The van der Waals surface area contributed by atoms with E-state index >= 15 is 0 Å². The highest BCUT2D eigenvalue weighted by Crippen LogP contribution is 2.44. The molecule has 0 saturated heterocycles. The number of carbonyl (C=O) groups is 1. The Morgan fingerprint density at radius 2 is 2.03 bits per heavy atom. The summed E-state index contributed by atoms with van der Waals surface area (Å²) in [5, 5.41) is 0.881. The van der Waals surface area contributed by atoms with E-state index in [2.05, 4.69) is 9.88 Å². The standard InChI is InChI=1S/C24H18Cl2N2O3/c1-14-8-20-17(12-28(13-30-20)11-16-4-2-3-7-27-16)24-22(14)23(29)21(31-24)10-15-5-6-18(25)19(26)9-15/h2-10H,11-13H2,1H3/b21-10-. The van der Waals surface area contributed by atoms with E-state index in [-0.39, 0.29) is 11.5 Å². The van der Waals surface area contributed by atoms with Gasteiger partial charge < -0.3 is 9.47 Å². The summed E-state index contributed by atoms with van der Waals surface area (Å²) in [6.07, 6.45) is 3.46. The lowest BCUT2D eigenvalue weighted by molar-refractivity contribution is 0.0861. The summed E-state index contributed by atoms with van der Waals surface area (Å²) < 4.78 is 12.1. The summed E-state index contributed by atoms with van der Waals surface area (Å²) in [5.41, 5.74) is 3.97. The van der Waals surface area contributed by atoms with E-state index in [0.29, 0.717) is 41.2 Å². The summed E-state index contributed by atoms with van der Waals surface area (Å²) in [6.45, 7) is 3.58. The number of halogens is 2. The van der Waals surface area contributed by atoms with Gasteiger partial charge >= 0.3 is 0 Å². The molecule has 3 heterocycles. The minimum Gasteiger partial charge on any atom is -0.478 e. The summed E-state index contributed by atoms with van der Waals surface area (Å²) in [7, 11) is 0. The number of fused-ring (bicyclic) bond motifs is 3. The average molecular weight is 453 g/mol. The molecule has 0 bridgehead atoms. The Kier molecular flexibility index (Phi) is 5.18. The van der Waals surface area contributed by atoms with Gasteiger partial charge in [0.05, 0.1) is 26.9 Å².